The van der Waals surface area contributed by atoms with Crippen molar-refractivity contribution in [2.45, 2.75) is 13.3 Å². The van der Waals surface area contributed by atoms with Crippen LogP contribution in [-0.4, -0.2) is 26.2 Å². The van der Waals surface area contributed by atoms with E-state index in [0.29, 0.717) is 6.61 Å². The van der Waals surface area contributed by atoms with Crippen molar-refractivity contribution in [3.05, 3.63) is 0 Å². The molecule has 0 N–H and O–H groups in total. The van der Waals surface area contributed by atoms with Crippen molar-refractivity contribution in [2.24, 2.45) is 0 Å². The third-order valence-electron chi connectivity index (χ3n) is 0.720. The molecule has 0 saturated heterocycles. The number of hydrogen-bond donors (Lipinski definition) is 0. The largest absolute Gasteiger partial charge is 1.00 e. The summed E-state index contributed by atoms with van der Waals surface area (Å²) in [5.41, 5.74) is 0. The Morgan fingerprint density at radius 3 is 2.50 bits per heavy atom. The van der Waals surface area contributed by atoms with Crippen LogP contribution >= 0.6 is 0 Å². The first-order chi connectivity index (χ1) is 5.06. The van der Waals surface area contributed by atoms with Crippen molar-refractivity contribution in [1.82, 2.24) is 0 Å². The van der Waals surface area contributed by atoms with Crippen LogP contribution in [0.25, 0.3) is 0 Å². The van der Waals surface area contributed by atoms with Crippen LogP contribution < -0.4 is 29.6 Å². The van der Waals surface area contributed by atoms with Gasteiger partial charge in [0.2, 0.25) is 0 Å². The van der Waals surface area contributed by atoms with Gasteiger partial charge in [-0.15, -0.1) is 0 Å². The van der Waals surface area contributed by atoms with Gasteiger partial charge in [-0.05, 0) is 6.42 Å². The molecule has 0 aliphatic carbocycles. The second-order valence-corrected chi connectivity index (χ2v) is 2.90. The third-order valence-corrected chi connectivity index (χ3v) is 1.11. The molecule has 0 aliphatic rings. The smallest absolute Gasteiger partial charge is 0.738 e. The minimum Gasteiger partial charge on any atom is -0.738 e. The monoisotopic (exact) mass is 200 g/mol. The van der Waals surface area contributed by atoms with Crippen molar-refractivity contribution in [2.75, 3.05) is 13.2 Å². The fraction of sp³-hybridized carbons (Fsp3) is 0.667. The Kier molecular flexibility index (Phi) is 10.0. The molecule has 0 fully saturated rings. The van der Waals surface area contributed by atoms with E-state index >= 15 is 0 Å². The van der Waals surface area contributed by atoms with Gasteiger partial charge in [-0.2, -0.15) is 0 Å². The van der Waals surface area contributed by atoms with E-state index in [1.165, 1.54) is 5.25 Å². The van der Waals surface area contributed by atoms with Crippen molar-refractivity contribution in [3.63, 3.8) is 0 Å². The molecule has 0 aromatic rings. The van der Waals surface area contributed by atoms with Gasteiger partial charge in [0.25, 0.3) is 0 Å². The quantitative estimate of drug-likeness (QED) is 0.210. The van der Waals surface area contributed by atoms with Crippen LogP contribution in [0, 0.1) is 11.2 Å². The van der Waals surface area contributed by atoms with E-state index in [0.717, 1.165) is 6.42 Å². The molecule has 6 heteroatoms. The number of rotatable bonds is 3. The molecule has 64 valence electrons. The van der Waals surface area contributed by atoms with Gasteiger partial charge in [0.1, 0.15) is 6.61 Å². The molecule has 4 nitrogen and oxygen atoms in total. The third kappa shape index (κ3) is 13.1. The van der Waals surface area contributed by atoms with E-state index in [1.54, 1.807) is 0 Å². The average molecular weight is 200 g/mol. The van der Waals surface area contributed by atoms with Crippen LogP contribution in [0.4, 0.5) is 0 Å². The average Bonchev–Trinajstić information content (AvgIpc) is 1.85. The molecular formula is C6H9NaO4S. The molecule has 0 radical (unpaired) electrons. The summed E-state index contributed by atoms with van der Waals surface area (Å²) in [4.78, 5) is 0. The van der Waals surface area contributed by atoms with Crippen LogP contribution in [0.3, 0.4) is 0 Å². The molecule has 0 atom stereocenters. The Bertz CT molecular complexity index is 248. The summed E-state index contributed by atoms with van der Waals surface area (Å²) < 4.78 is 34.4. The van der Waals surface area contributed by atoms with Crippen molar-refractivity contribution >= 4 is 10.1 Å². The van der Waals surface area contributed by atoms with Crippen LogP contribution in [0.1, 0.15) is 13.3 Å². The summed E-state index contributed by atoms with van der Waals surface area (Å²) in [6.07, 6.45) is 0.839. The van der Waals surface area contributed by atoms with Gasteiger partial charge in [-0.1, -0.05) is 12.8 Å². The van der Waals surface area contributed by atoms with E-state index in [2.05, 4.69) is 5.92 Å². The molecule has 0 aliphatic heterocycles. The van der Waals surface area contributed by atoms with Gasteiger partial charge < -0.3 is 9.29 Å². The minimum absolute atomic E-state index is 0. The standard InChI is InChI=1S/C6H10O4S.Na/c1-2-4-10-5-3-6-11(7,8)9;/h2,4-5H2,1H3,(H,7,8,9);/q;+1/p-1. The molecule has 0 aromatic heterocycles. The second kappa shape index (κ2) is 8.05. The van der Waals surface area contributed by atoms with Gasteiger partial charge in [-0.3, -0.25) is 0 Å². The van der Waals surface area contributed by atoms with Gasteiger partial charge in [0.05, 0.1) is 0 Å². The van der Waals surface area contributed by atoms with Crippen molar-refractivity contribution in [1.29, 1.82) is 0 Å². The van der Waals surface area contributed by atoms with Gasteiger partial charge in [-0.25, -0.2) is 8.42 Å². The molecule has 0 heterocycles. The van der Waals surface area contributed by atoms with Gasteiger partial charge in [0.15, 0.2) is 10.1 Å². The molecule has 0 spiro atoms. The summed E-state index contributed by atoms with van der Waals surface area (Å²) in [5, 5.41) is 1.52. The first kappa shape index (κ1) is 14.9. The zero-order chi connectivity index (χ0) is 8.74. The van der Waals surface area contributed by atoms with E-state index in [4.69, 9.17) is 4.74 Å². The molecule has 0 bridgehead atoms. The summed E-state index contributed by atoms with van der Waals surface area (Å²) >= 11 is 0. The molecule has 0 aromatic carbocycles. The maximum absolute atomic E-state index is 9.88. The van der Waals surface area contributed by atoms with E-state index in [9.17, 15) is 13.0 Å². The Hall–Kier alpha value is 0.430. The zero-order valence-corrected chi connectivity index (χ0v) is 9.98. The number of ether oxygens (including phenoxy) is 1. The summed E-state index contributed by atoms with van der Waals surface area (Å²) in [7, 11) is -4.40. The molecule has 0 saturated carbocycles. The Morgan fingerprint density at radius 1 is 1.50 bits per heavy atom. The summed E-state index contributed by atoms with van der Waals surface area (Å²) in [5.74, 6) is 2.09. The maximum Gasteiger partial charge on any atom is 1.00 e. The van der Waals surface area contributed by atoms with Crippen molar-refractivity contribution in [3.8, 4) is 11.2 Å². The van der Waals surface area contributed by atoms with Gasteiger partial charge >= 0.3 is 29.6 Å². The normalized spacial score (nSPS) is 9.50. The van der Waals surface area contributed by atoms with E-state index in [-0.39, 0.29) is 36.2 Å². The Morgan fingerprint density at radius 2 is 2.08 bits per heavy atom. The maximum atomic E-state index is 9.88. The fourth-order valence-corrected chi connectivity index (χ4v) is 0.621. The Labute approximate surface area is 94.7 Å². The van der Waals surface area contributed by atoms with E-state index in [1.807, 2.05) is 6.92 Å². The van der Waals surface area contributed by atoms with Crippen LogP contribution in [0.15, 0.2) is 0 Å². The molecule has 12 heavy (non-hydrogen) atoms. The first-order valence-electron chi connectivity index (χ1n) is 3.09. The molecular weight excluding hydrogens is 191 g/mol. The second-order valence-electron chi connectivity index (χ2n) is 1.79. The summed E-state index contributed by atoms with van der Waals surface area (Å²) in [6.45, 7) is 2.43. The molecule has 0 amide bonds. The first-order valence-corrected chi connectivity index (χ1v) is 4.50. The van der Waals surface area contributed by atoms with Gasteiger partial charge in [0, 0.05) is 11.9 Å². The Balaban J connectivity index is 0. The predicted molar refractivity (Wildman–Crippen MR) is 38.6 cm³/mol. The van der Waals surface area contributed by atoms with Crippen LogP contribution in [0.5, 0.6) is 0 Å². The minimum atomic E-state index is -4.40. The fourth-order valence-electron chi connectivity index (χ4n) is 0.385. The zero-order valence-electron chi connectivity index (χ0n) is 7.16. The SMILES string of the molecule is CCCOCC#CS(=O)(=O)[O-].[Na+]. The summed E-state index contributed by atoms with van der Waals surface area (Å²) in [6, 6.07) is 0. The molecule has 0 unspecified atom stereocenters. The molecule has 0 rings (SSSR count). The van der Waals surface area contributed by atoms with E-state index < -0.39 is 10.1 Å². The topological polar surface area (TPSA) is 66.4 Å². The predicted octanol–water partition coefficient (Wildman–Crippen LogP) is -3.08. The van der Waals surface area contributed by atoms with Crippen molar-refractivity contribution < 1.29 is 47.3 Å². The number of hydrogen-bond acceptors (Lipinski definition) is 4. The van der Waals surface area contributed by atoms with Crippen LogP contribution in [0.2, 0.25) is 0 Å². The van der Waals surface area contributed by atoms with Crippen LogP contribution in [-0.2, 0) is 14.9 Å².